The molecule has 3 heterocycles. The molecule has 0 saturated carbocycles. The molecule has 0 aliphatic rings. The monoisotopic (exact) mass is 343 g/mol. The molecule has 9 heteroatoms. The van der Waals surface area contributed by atoms with Crippen molar-refractivity contribution < 1.29 is 9.21 Å². The van der Waals surface area contributed by atoms with Crippen LogP contribution < -0.4 is 16.6 Å². The number of hydrogen-bond donors (Lipinski definition) is 2. The van der Waals surface area contributed by atoms with Gasteiger partial charge in [0.25, 0.3) is 5.56 Å². The van der Waals surface area contributed by atoms with Gasteiger partial charge in [-0.25, -0.2) is 9.78 Å². The Morgan fingerprint density at radius 1 is 1.32 bits per heavy atom. The summed E-state index contributed by atoms with van der Waals surface area (Å²) in [5, 5.41) is 2.65. The third-order valence-electron chi connectivity index (χ3n) is 3.73. The second-order valence-electron chi connectivity index (χ2n) is 5.59. The van der Waals surface area contributed by atoms with Crippen LogP contribution in [0.15, 0.2) is 32.2 Å². The van der Waals surface area contributed by atoms with Gasteiger partial charge in [-0.05, 0) is 25.1 Å². The quantitative estimate of drug-likeness (QED) is 0.656. The topological polar surface area (TPSA) is 115 Å². The summed E-state index contributed by atoms with van der Waals surface area (Å²) in [6.45, 7) is 1.91. The molecular formula is C16H17N5O4. The molecule has 0 aliphatic heterocycles. The van der Waals surface area contributed by atoms with E-state index >= 15 is 0 Å². The molecule has 130 valence electrons. The summed E-state index contributed by atoms with van der Waals surface area (Å²) in [7, 11) is 2.93. The number of carbonyl (C=O) groups is 1. The van der Waals surface area contributed by atoms with E-state index in [1.165, 1.54) is 24.7 Å². The van der Waals surface area contributed by atoms with E-state index < -0.39 is 11.2 Å². The average Bonchev–Trinajstić information content (AvgIpc) is 3.20. The van der Waals surface area contributed by atoms with Gasteiger partial charge in [0, 0.05) is 20.2 Å². The van der Waals surface area contributed by atoms with Crippen molar-refractivity contribution in [2.45, 2.75) is 13.5 Å². The fraction of sp³-hybridized carbons (Fsp3) is 0.250. The highest BCUT2D eigenvalue weighted by molar-refractivity contribution is 5.91. The molecule has 0 spiro atoms. The highest BCUT2D eigenvalue weighted by atomic mass is 16.3. The van der Waals surface area contributed by atoms with Gasteiger partial charge in [0.05, 0.1) is 6.54 Å². The lowest BCUT2D eigenvalue weighted by atomic mass is 10.4. The summed E-state index contributed by atoms with van der Waals surface area (Å²) < 4.78 is 7.60. The van der Waals surface area contributed by atoms with Crippen LogP contribution in [0, 0.1) is 6.92 Å². The number of aromatic amines is 1. The van der Waals surface area contributed by atoms with E-state index in [4.69, 9.17) is 4.42 Å². The molecule has 9 nitrogen and oxygen atoms in total. The summed E-state index contributed by atoms with van der Waals surface area (Å²) in [5.41, 5.74) is -0.457. The van der Waals surface area contributed by atoms with Gasteiger partial charge in [0.2, 0.25) is 5.91 Å². The predicted molar refractivity (Wildman–Crippen MR) is 90.9 cm³/mol. The van der Waals surface area contributed by atoms with E-state index in [1.54, 1.807) is 18.2 Å². The third kappa shape index (κ3) is 3.16. The van der Waals surface area contributed by atoms with Crippen molar-refractivity contribution in [3.05, 3.63) is 56.4 Å². The number of amides is 1. The average molecular weight is 343 g/mol. The van der Waals surface area contributed by atoms with Crippen LogP contribution in [-0.2, 0) is 25.4 Å². The van der Waals surface area contributed by atoms with E-state index in [1.807, 2.05) is 6.92 Å². The van der Waals surface area contributed by atoms with Crippen molar-refractivity contribution in [1.82, 2.24) is 24.4 Å². The Kier molecular flexibility index (Phi) is 4.14. The van der Waals surface area contributed by atoms with Crippen molar-refractivity contribution >= 4 is 23.1 Å². The van der Waals surface area contributed by atoms with Gasteiger partial charge >= 0.3 is 5.69 Å². The standard InChI is InChI=1S/C16H17N5O4/c1-9-4-5-10(25-9)6-7-12(22)17-8-11-18-13-14(19-11)20(2)16(24)21(3)15(13)23/h4-7H,8H2,1-3H3,(H,17,22)(H,18,19)/b7-6+. The Morgan fingerprint density at radius 2 is 2.08 bits per heavy atom. The second-order valence-corrected chi connectivity index (χ2v) is 5.59. The number of H-pyrrole nitrogens is 1. The molecule has 0 aromatic carbocycles. The van der Waals surface area contributed by atoms with Crippen LogP contribution in [0.2, 0.25) is 0 Å². The Hall–Kier alpha value is -3.36. The van der Waals surface area contributed by atoms with Gasteiger partial charge in [0.1, 0.15) is 22.9 Å². The Labute approximate surface area is 141 Å². The van der Waals surface area contributed by atoms with Crippen LogP contribution in [-0.4, -0.2) is 25.0 Å². The van der Waals surface area contributed by atoms with Gasteiger partial charge in [-0.15, -0.1) is 0 Å². The van der Waals surface area contributed by atoms with Gasteiger partial charge in [-0.2, -0.15) is 0 Å². The maximum atomic E-state index is 12.1. The molecule has 0 saturated heterocycles. The zero-order valence-corrected chi connectivity index (χ0v) is 14.0. The lowest BCUT2D eigenvalue weighted by Gasteiger charge is -2.00. The highest BCUT2D eigenvalue weighted by Gasteiger charge is 2.13. The van der Waals surface area contributed by atoms with Crippen LogP contribution in [0.5, 0.6) is 0 Å². The van der Waals surface area contributed by atoms with E-state index in [9.17, 15) is 14.4 Å². The van der Waals surface area contributed by atoms with E-state index in [0.717, 1.165) is 10.3 Å². The molecule has 0 radical (unpaired) electrons. The molecule has 3 aromatic rings. The first-order valence-electron chi connectivity index (χ1n) is 7.54. The third-order valence-corrected chi connectivity index (χ3v) is 3.73. The minimum Gasteiger partial charge on any atom is -0.462 e. The lowest BCUT2D eigenvalue weighted by molar-refractivity contribution is -0.116. The summed E-state index contributed by atoms with van der Waals surface area (Å²) in [6.07, 6.45) is 2.90. The first kappa shape index (κ1) is 16.5. The van der Waals surface area contributed by atoms with Gasteiger partial charge in [0.15, 0.2) is 5.65 Å². The molecule has 0 fully saturated rings. The fourth-order valence-electron chi connectivity index (χ4n) is 2.39. The van der Waals surface area contributed by atoms with Crippen molar-refractivity contribution in [3.8, 4) is 0 Å². The lowest BCUT2D eigenvalue weighted by Crippen LogP contribution is -2.36. The Morgan fingerprint density at radius 3 is 2.76 bits per heavy atom. The normalized spacial score (nSPS) is 11.5. The van der Waals surface area contributed by atoms with E-state index in [0.29, 0.717) is 11.6 Å². The molecular weight excluding hydrogens is 326 g/mol. The van der Waals surface area contributed by atoms with Crippen LogP contribution in [0.3, 0.4) is 0 Å². The molecule has 0 aliphatic carbocycles. The fourth-order valence-corrected chi connectivity index (χ4v) is 2.39. The van der Waals surface area contributed by atoms with Gasteiger partial charge in [-0.3, -0.25) is 18.7 Å². The molecule has 0 unspecified atom stereocenters. The maximum absolute atomic E-state index is 12.1. The number of rotatable bonds is 4. The van der Waals surface area contributed by atoms with Crippen molar-refractivity contribution in [3.63, 3.8) is 0 Å². The number of aromatic nitrogens is 4. The van der Waals surface area contributed by atoms with Gasteiger partial charge in [-0.1, -0.05) is 0 Å². The van der Waals surface area contributed by atoms with Crippen molar-refractivity contribution in [2.75, 3.05) is 0 Å². The molecule has 3 aromatic heterocycles. The number of imidazole rings is 1. The predicted octanol–water partition coefficient (Wildman–Crippen LogP) is 0.191. The summed E-state index contributed by atoms with van der Waals surface area (Å²) in [5.74, 6) is 1.38. The van der Waals surface area contributed by atoms with Crippen LogP contribution in [0.25, 0.3) is 17.2 Å². The summed E-state index contributed by atoms with van der Waals surface area (Å²) in [4.78, 5) is 42.9. The Balaban J connectivity index is 1.75. The number of nitrogens with one attached hydrogen (secondary N) is 2. The second kappa shape index (κ2) is 6.27. The van der Waals surface area contributed by atoms with Gasteiger partial charge < -0.3 is 14.7 Å². The summed E-state index contributed by atoms with van der Waals surface area (Å²) in [6, 6.07) is 3.56. The molecule has 3 rings (SSSR count). The van der Waals surface area contributed by atoms with Crippen molar-refractivity contribution in [1.29, 1.82) is 0 Å². The maximum Gasteiger partial charge on any atom is 0.332 e. The number of nitrogens with zero attached hydrogens (tertiary/aromatic N) is 3. The van der Waals surface area contributed by atoms with Crippen LogP contribution >= 0.6 is 0 Å². The van der Waals surface area contributed by atoms with Crippen LogP contribution in [0.1, 0.15) is 17.3 Å². The number of hydrogen-bond acceptors (Lipinski definition) is 5. The molecule has 0 bridgehead atoms. The van der Waals surface area contributed by atoms with Crippen LogP contribution in [0.4, 0.5) is 0 Å². The molecule has 25 heavy (non-hydrogen) atoms. The zero-order valence-electron chi connectivity index (χ0n) is 14.0. The smallest absolute Gasteiger partial charge is 0.332 e. The SMILES string of the molecule is Cc1ccc(/C=C/C(=O)NCc2nc3c([nH]2)c(=O)n(C)c(=O)n3C)o1. The highest BCUT2D eigenvalue weighted by Crippen LogP contribution is 2.08. The van der Waals surface area contributed by atoms with E-state index in [2.05, 4.69) is 15.3 Å². The molecule has 1 amide bonds. The van der Waals surface area contributed by atoms with Crippen molar-refractivity contribution in [2.24, 2.45) is 14.1 Å². The number of furan rings is 1. The Bertz CT molecular complexity index is 1100. The molecule has 0 atom stereocenters. The first-order valence-corrected chi connectivity index (χ1v) is 7.54. The largest absolute Gasteiger partial charge is 0.462 e. The number of fused-ring (bicyclic) bond motifs is 1. The first-order chi connectivity index (χ1) is 11.9. The molecule has 2 N–H and O–H groups in total. The minimum absolute atomic E-state index is 0.0897. The zero-order chi connectivity index (χ0) is 18.1. The van der Waals surface area contributed by atoms with E-state index in [-0.39, 0.29) is 23.6 Å². The number of carbonyl (C=O) groups excluding carboxylic acids is 1. The number of aryl methyl sites for hydroxylation is 2. The minimum atomic E-state index is -0.462. The summed E-state index contributed by atoms with van der Waals surface area (Å²) >= 11 is 0.